The van der Waals surface area contributed by atoms with Gasteiger partial charge >= 0.3 is 0 Å². The maximum absolute atomic E-state index is 5.99. The van der Waals surface area contributed by atoms with E-state index in [0.29, 0.717) is 19.1 Å². The van der Waals surface area contributed by atoms with E-state index in [2.05, 4.69) is 62.3 Å². The lowest BCUT2D eigenvalue weighted by Gasteiger charge is -2.31. The van der Waals surface area contributed by atoms with Gasteiger partial charge in [-0.25, -0.2) is 0 Å². The number of anilines is 1. The van der Waals surface area contributed by atoms with Crippen molar-refractivity contribution >= 4 is 16.9 Å². The van der Waals surface area contributed by atoms with Gasteiger partial charge in [-0.1, -0.05) is 24.3 Å². The van der Waals surface area contributed by atoms with Gasteiger partial charge in [-0.05, 0) is 36.4 Å². The van der Waals surface area contributed by atoms with E-state index < -0.39 is 0 Å². The average molecular weight is 447 g/mol. The number of H-pyrrole nitrogens is 1. The fourth-order valence-electron chi connectivity index (χ4n) is 4.23. The minimum Gasteiger partial charge on any atom is -0.497 e. The highest BCUT2D eigenvalue weighted by molar-refractivity contribution is 5.78. The molecule has 4 aromatic rings. The summed E-state index contributed by atoms with van der Waals surface area (Å²) in [6.07, 6.45) is 3.64. The summed E-state index contributed by atoms with van der Waals surface area (Å²) in [4.78, 5) is 11.8. The third kappa shape index (κ3) is 5.18. The number of methoxy groups -OCH3 is 1. The Bertz CT molecular complexity index is 1190. The number of likely N-dealkylation sites (N-methyl/N-ethyl adjacent to an activating group) is 1. The molecule has 8 heteroatoms. The summed E-state index contributed by atoms with van der Waals surface area (Å²) in [6.45, 7) is 6.41. The molecule has 2 aromatic carbocycles. The van der Waals surface area contributed by atoms with Gasteiger partial charge in [0.05, 0.1) is 24.5 Å². The van der Waals surface area contributed by atoms with Crippen LogP contribution in [0.15, 0.2) is 59.3 Å². The Morgan fingerprint density at radius 1 is 1.06 bits per heavy atom. The van der Waals surface area contributed by atoms with Gasteiger partial charge in [0.15, 0.2) is 0 Å². The third-order valence-electron chi connectivity index (χ3n) is 6.18. The van der Waals surface area contributed by atoms with Gasteiger partial charge in [0.1, 0.15) is 12.0 Å². The first kappa shape index (κ1) is 21.5. The number of benzene rings is 2. The molecule has 8 nitrogen and oxygen atoms in total. The van der Waals surface area contributed by atoms with Gasteiger partial charge in [0.2, 0.25) is 0 Å². The molecule has 5 rings (SSSR count). The molecule has 1 aliphatic heterocycles. The van der Waals surface area contributed by atoms with Gasteiger partial charge in [-0.3, -0.25) is 10.00 Å². The van der Waals surface area contributed by atoms with Crippen LogP contribution >= 0.6 is 0 Å². The zero-order valence-electron chi connectivity index (χ0n) is 19.2. The molecule has 172 valence electrons. The van der Waals surface area contributed by atoms with Gasteiger partial charge in [0.25, 0.3) is 6.01 Å². The lowest BCUT2D eigenvalue weighted by molar-refractivity contribution is 0.147. The Kier molecular flexibility index (Phi) is 6.28. The second-order valence-electron chi connectivity index (χ2n) is 8.70. The fraction of sp³-hybridized carbons (Fsp3) is 0.360. The van der Waals surface area contributed by atoms with Crippen molar-refractivity contribution < 1.29 is 9.15 Å². The Hall–Kier alpha value is -3.36. The normalized spacial score (nSPS) is 15.2. The number of rotatable bonds is 8. The van der Waals surface area contributed by atoms with Gasteiger partial charge in [-0.15, -0.1) is 0 Å². The number of aromatic nitrogens is 3. The SMILES string of the molecule is COc1cccc(CN(Cc2ccc3cn[nH]c3c2)c2nc(CN3CCN(C)CC3)co2)c1. The van der Waals surface area contributed by atoms with E-state index in [1.54, 1.807) is 13.4 Å². The minimum atomic E-state index is 0.631. The second kappa shape index (κ2) is 9.64. The predicted molar refractivity (Wildman–Crippen MR) is 128 cm³/mol. The number of fused-ring (bicyclic) bond motifs is 1. The summed E-state index contributed by atoms with van der Waals surface area (Å²) in [5, 5.41) is 8.30. The quantitative estimate of drug-likeness (QED) is 0.444. The summed E-state index contributed by atoms with van der Waals surface area (Å²) < 4.78 is 11.4. The summed E-state index contributed by atoms with van der Waals surface area (Å²) >= 11 is 0. The van der Waals surface area contributed by atoms with Crippen LogP contribution in [0, 0.1) is 0 Å². The highest BCUT2D eigenvalue weighted by atomic mass is 16.5. The molecule has 0 amide bonds. The van der Waals surface area contributed by atoms with Crippen LogP contribution in [0.5, 0.6) is 5.75 Å². The molecule has 1 saturated heterocycles. The zero-order valence-corrected chi connectivity index (χ0v) is 19.2. The number of hydrogen-bond acceptors (Lipinski definition) is 7. The molecular formula is C25H30N6O2. The van der Waals surface area contributed by atoms with Crippen LogP contribution in [0.2, 0.25) is 0 Å². The van der Waals surface area contributed by atoms with Crippen molar-refractivity contribution in [2.45, 2.75) is 19.6 Å². The highest BCUT2D eigenvalue weighted by Crippen LogP contribution is 2.23. The Morgan fingerprint density at radius 2 is 1.88 bits per heavy atom. The minimum absolute atomic E-state index is 0.631. The van der Waals surface area contributed by atoms with Gasteiger partial charge in [0, 0.05) is 51.2 Å². The largest absolute Gasteiger partial charge is 0.497 e. The summed E-state index contributed by atoms with van der Waals surface area (Å²) in [7, 11) is 3.86. The van der Waals surface area contributed by atoms with E-state index in [-0.39, 0.29) is 0 Å². The average Bonchev–Trinajstić information content (AvgIpc) is 3.49. The van der Waals surface area contributed by atoms with Crippen LogP contribution in [0.3, 0.4) is 0 Å². The summed E-state index contributed by atoms with van der Waals surface area (Å²) in [6, 6.07) is 15.1. The lowest BCUT2D eigenvalue weighted by atomic mass is 10.1. The number of ether oxygens (including phenoxy) is 1. The van der Waals surface area contributed by atoms with Crippen molar-refractivity contribution in [1.29, 1.82) is 0 Å². The van der Waals surface area contributed by atoms with E-state index >= 15 is 0 Å². The first-order valence-electron chi connectivity index (χ1n) is 11.3. The van der Waals surface area contributed by atoms with Crippen molar-refractivity contribution in [3.63, 3.8) is 0 Å². The number of aromatic amines is 1. The van der Waals surface area contributed by atoms with Crippen molar-refractivity contribution in [2.24, 2.45) is 0 Å². The molecule has 1 N–H and O–H groups in total. The molecule has 0 atom stereocenters. The van der Waals surface area contributed by atoms with Crippen LogP contribution in [-0.2, 0) is 19.6 Å². The Balaban J connectivity index is 1.37. The van der Waals surface area contributed by atoms with Crippen molar-refractivity contribution in [1.82, 2.24) is 25.0 Å². The molecule has 0 bridgehead atoms. The standard InChI is InChI=1S/C25H30N6O2/c1-29-8-10-30(11-9-29)17-22-18-33-25(27-22)31(15-19-4-3-5-23(12-19)32-2)16-20-6-7-21-14-26-28-24(21)13-20/h3-7,12-14,18H,8-11,15-17H2,1-2H3,(H,26,28). The molecule has 0 radical (unpaired) electrons. The van der Waals surface area contributed by atoms with E-state index in [9.17, 15) is 0 Å². The highest BCUT2D eigenvalue weighted by Gasteiger charge is 2.19. The molecule has 3 heterocycles. The van der Waals surface area contributed by atoms with Crippen LogP contribution in [0.1, 0.15) is 16.8 Å². The van der Waals surface area contributed by atoms with E-state index in [4.69, 9.17) is 14.1 Å². The lowest BCUT2D eigenvalue weighted by Crippen LogP contribution is -2.43. The van der Waals surface area contributed by atoms with Crippen molar-refractivity contribution in [3.05, 3.63) is 71.7 Å². The van der Waals surface area contributed by atoms with Crippen molar-refractivity contribution in [2.75, 3.05) is 45.2 Å². The molecule has 33 heavy (non-hydrogen) atoms. The van der Waals surface area contributed by atoms with Gasteiger partial charge < -0.3 is 19.0 Å². The molecule has 0 aliphatic carbocycles. The number of piperazine rings is 1. The second-order valence-corrected chi connectivity index (χ2v) is 8.70. The van der Waals surface area contributed by atoms with E-state index in [0.717, 1.165) is 66.2 Å². The van der Waals surface area contributed by atoms with Gasteiger partial charge in [-0.2, -0.15) is 10.1 Å². The maximum Gasteiger partial charge on any atom is 0.298 e. The fourth-order valence-corrected chi connectivity index (χ4v) is 4.23. The third-order valence-corrected chi connectivity index (χ3v) is 6.18. The monoisotopic (exact) mass is 446 g/mol. The van der Waals surface area contributed by atoms with E-state index in [1.165, 1.54) is 0 Å². The molecule has 0 saturated carbocycles. The van der Waals surface area contributed by atoms with Crippen molar-refractivity contribution in [3.8, 4) is 5.75 Å². The number of oxazole rings is 1. The molecule has 0 spiro atoms. The first-order valence-corrected chi connectivity index (χ1v) is 11.3. The zero-order chi connectivity index (χ0) is 22.6. The maximum atomic E-state index is 5.99. The first-order chi connectivity index (χ1) is 16.2. The number of nitrogens with zero attached hydrogens (tertiary/aromatic N) is 5. The number of hydrogen-bond donors (Lipinski definition) is 1. The Labute approximate surface area is 193 Å². The van der Waals surface area contributed by atoms with Crippen LogP contribution in [0.25, 0.3) is 10.9 Å². The topological polar surface area (TPSA) is 73.7 Å². The smallest absolute Gasteiger partial charge is 0.298 e. The molecule has 2 aromatic heterocycles. The predicted octanol–water partition coefficient (Wildman–Crippen LogP) is 3.51. The van der Waals surface area contributed by atoms with E-state index in [1.807, 2.05) is 18.3 Å². The molecule has 1 aliphatic rings. The van der Waals surface area contributed by atoms with Crippen LogP contribution in [0.4, 0.5) is 6.01 Å². The summed E-state index contributed by atoms with van der Waals surface area (Å²) in [5.74, 6) is 0.842. The molecule has 0 unspecified atom stereocenters. The number of nitrogens with one attached hydrogen (secondary N) is 1. The molecule has 1 fully saturated rings. The Morgan fingerprint density at radius 3 is 2.70 bits per heavy atom. The van der Waals surface area contributed by atoms with Crippen LogP contribution in [-0.4, -0.2) is 65.3 Å². The summed E-state index contributed by atoms with van der Waals surface area (Å²) in [5.41, 5.74) is 4.29. The van der Waals surface area contributed by atoms with Crippen LogP contribution < -0.4 is 9.64 Å². The molecular weight excluding hydrogens is 416 g/mol.